The second-order valence-corrected chi connectivity index (χ2v) is 5.20. The van der Waals surface area contributed by atoms with Gasteiger partial charge in [0.15, 0.2) is 0 Å². The van der Waals surface area contributed by atoms with Gasteiger partial charge >= 0.3 is 12.1 Å². The number of non-ortho nitro benzene ring substituents is 1. The third-order valence-corrected chi connectivity index (χ3v) is 3.44. The molecular weight excluding hydrogens is 340 g/mol. The zero-order valence-corrected chi connectivity index (χ0v) is 13.7. The number of anilines is 1. The Bertz CT molecular complexity index is 835. The summed E-state index contributed by atoms with van der Waals surface area (Å²) in [6.45, 7) is 3.44. The van der Waals surface area contributed by atoms with Gasteiger partial charge in [-0.25, -0.2) is 9.59 Å². The highest BCUT2D eigenvalue weighted by Gasteiger charge is 2.25. The molecule has 26 heavy (non-hydrogen) atoms. The molecule has 0 spiro atoms. The van der Waals surface area contributed by atoms with E-state index in [1.54, 1.807) is 30.3 Å². The van der Waals surface area contributed by atoms with Crippen LogP contribution in [0.3, 0.4) is 0 Å². The second-order valence-electron chi connectivity index (χ2n) is 5.20. The third-order valence-electron chi connectivity index (χ3n) is 3.44. The van der Waals surface area contributed by atoms with Crippen LogP contribution in [0.4, 0.5) is 16.2 Å². The van der Waals surface area contributed by atoms with E-state index in [9.17, 15) is 24.8 Å². The number of benzene rings is 2. The topological polar surface area (TPSA) is 110 Å². The highest BCUT2D eigenvalue weighted by molar-refractivity contribution is 6.00. The van der Waals surface area contributed by atoms with Crippen molar-refractivity contribution in [2.45, 2.75) is 6.54 Å². The van der Waals surface area contributed by atoms with Crippen molar-refractivity contribution in [2.75, 3.05) is 11.5 Å². The Morgan fingerprint density at radius 1 is 1.23 bits per heavy atom. The molecule has 8 heteroatoms. The summed E-state index contributed by atoms with van der Waals surface area (Å²) in [5, 5.41) is 20.3. The molecule has 1 amide bonds. The van der Waals surface area contributed by atoms with Gasteiger partial charge in [-0.2, -0.15) is 0 Å². The molecule has 2 rings (SSSR count). The van der Waals surface area contributed by atoms with Crippen LogP contribution in [0.5, 0.6) is 0 Å². The van der Waals surface area contributed by atoms with Crippen LogP contribution in [0, 0.1) is 10.1 Å². The van der Waals surface area contributed by atoms with Crippen LogP contribution in [-0.2, 0) is 11.3 Å². The minimum atomic E-state index is -1.39. The predicted molar refractivity (Wildman–Crippen MR) is 94.2 cm³/mol. The molecule has 0 aliphatic carbocycles. The quantitative estimate of drug-likeness (QED) is 0.461. The molecule has 0 radical (unpaired) electrons. The number of carbonyl (C=O) groups is 2. The number of aromatic carboxylic acids is 1. The fraction of sp³-hybridized carbons (Fsp3) is 0.111. The first-order valence-corrected chi connectivity index (χ1v) is 7.55. The normalized spacial score (nSPS) is 10.0. The van der Waals surface area contributed by atoms with Gasteiger partial charge in [0, 0.05) is 12.1 Å². The number of nitro benzene ring substituents is 1. The van der Waals surface area contributed by atoms with Crippen molar-refractivity contribution in [3.8, 4) is 0 Å². The first-order valence-electron chi connectivity index (χ1n) is 7.55. The number of ether oxygens (including phenoxy) is 1. The van der Waals surface area contributed by atoms with Crippen molar-refractivity contribution < 1.29 is 24.4 Å². The SMILES string of the molecule is C=CCOC(=O)N(Cc1ccccc1)c1ccc([N+](=O)[O-])cc1C(=O)O. The largest absolute Gasteiger partial charge is 0.478 e. The Balaban J connectivity index is 2.49. The second kappa shape index (κ2) is 8.43. The molecule has 2 aromatic carbocycles. The maximum absolute atomic E-state index is 12.4. The van der Waals surface area contributed by atoms with Gasteiger partial charge in [-0.1, -0.05) is 43.0 Å². The van der Waals surface area contributed by atoms with Crippen LogP contribution in [0.15, 0.2) is 61.2 Å². The molecule has 134 valence electrons. The van der Waals surface area contributed by atoms with E-state index in [0.717, 1.165) is 22.6 Å². The molecule has 0 atom stereocenters. The number of rotatable bonds is 7. The van der Waals surface area contributed by atoms with E-state index in [2.05, 4.69) is 6.58 Å². The first kappa shape index (κ1) is 18.7. The molecule has 8 nitrogen and oxygen atoms in total. The average Bonchev–Trinajstić information content (AvgIpc) is 2.64. The summed E-state index contributed by atoms with van der Waals surface area (Å²) in [6.07, 6.45) is 0.595. The van der Waals surface area contributed by atoms with Crippen LogP contribution in [0.1, 0.15) is 15.9 Å². The molecule has 0 fully saturated rings. The molecule has 0 aromatic heterocycles. The van der Waals surface area contributed by atoms with Crippen molar-refractivity contribution in [3.05, 3.63) is 82.4 Å². The number of hydrogen-bond donors (Lipinski definition) is 1. The van der Waals surface area contributed by atoms with E-state index >= 15 is 0 Å². The fourth-order valence-electron chi connectivity index (χ4n) is 2.27. The van der Waals surface area contributed by atoms with E-state index in [1.165, 1.54) is 12.1 Å². The fourth-order valence-corrected chi connectivity index (χ4v) is 2.27. The lowest BCUT2D eigenvalue weighted by atomic mass is 10.1. The van der Waals surface area contributed by atoms with Gasteiger partial charge in [0.05, 0.1) is 22.7 Å². The molecule has 0 bridgehead atoms. The van der Waals surface area contributed by atoms with E-state index in [0.29, 0.717) is 0 Å². The first-order chi connectivity index (χ1) is 12.4. The van der Waals surface area contributed by atoms with Gasteiger partial charge in [0.1, 0.15) is 6.61 Å². The minimum absolute atomic E-state index is 0.000940. The Morgan fingerprint density at radius 2 is 1.92 bits per heavy atom. The van der Waals surface area contributed by atoms with Crippen LogP contribution in [-0.4, -0.2) is 28.7 Å². The van der Waals surface area contributed by atoms with Crippen LogP contribution >= 0.6 is 0 Å². The van der Waals surface area contributed by atoms with Gasteiger partial charge in [0.25, 0.3) is 5.69 Å². The number of carboxylic acids is 1. The maximum atomic E-state index is 12.4. The molecule has 0 heterocycles. The summed E-state index contributed by atoms with van der Waals surface area (Å²) >= 11 is 0. The van der Waals surface area contributed by atoms with Gasteiger partial charge in [-0.15, -0.1) is 0 Å². The van der Waals surface area contributed by atoms with E-state index < -0.39 is 17.0 Å². The summed E-state index contributed by atoms with van der Waals surface area (Å²) in [5.41, 5.74) is -0.0188. The maximum Gasteiger partial charge on any atom is 0.414 e. The zero-order valence-electron chi connectivity index (χ0n) is 13.7. The minimum Gasteiger partial charge on any atom is -0.478 e. The summed E-state index contributed by atoms with van der Waals surface area (Å²) in [7, 11) is 0. The highest BCUT2D eigenvalue weighted by atomic mass is 16.6. The zero-order chi connectivity index (χ0) is 19.1. The van der Waals surface area contributed by atoms with Gasteiger partial charge in [-0.3, -0.25) is 15.0 Å². The molecule has 0 aliphatic heterocycles. The van der Waals surface area contributed by atoms with Crippen LogP contribution in [0.25, 0.3) is 0 Å². The van der Waals surface area contributed by atoms with E-state index in [-0.39, 0.29) is 30.1 Å². The number of nitrogens with zero attached hydrogens (tertiary/aromatic N) is 2. The monoisotopic (exact) mass is 356 g/mol. The van der Waals surface area contributed by atoms with Gasteiger partial charge in [0.2, 0.25) is 0 Å². The van der Waals surface area contributed by atoms with Crippen molar-refractivity contribution >= 4 is 23.4 Å². The smallest absolute Gasteiger partial charge is 0.414 e. The molecule has 1 N–H and O–H groups in total. The van der Waals surface area contributed by atoms with Crippen LogP contribution in [0.2, 0.25) is 0 Å². The Hall–Kier alpha value is -3.68. The molecule has 0 saturated carbocycles. The predicted octanol–water partition coefficient (Wildman–Crippen LogP) is 3.62. The lowest BCUT2D eigenvalue weighted by Gasteiger charge is -2.23. The number of nitro groups is 1. The molecule has 0 unspecified atom stereocenters. The summed E-state index contributed by atoms with van der Waals surface area (Å²) < 4.78 is 5.03. The third kappa shape index (κ3) is 4.44. The van der Waals surface area contributed by atoms with E-state index in [1.807, 2.05) is 0 Å². The Labute approximate surface area is 149 Å². The number of hydrogen-bond acceptors (Lipinski definition) is 5. The van der Waals surface area contributed by atoms with E-state index in [4.69, 9.17) is 4.74 Å². The van der Waals surface area contributed by atoms with Crippen molar-refractivity contribution in [2.24, 2.45) is 0 Å². The molecule has 0 aliphatic rings. The molecule has 0 saturated heterocycles. The lowest BCUT2D eigenvalue weighted by Crippen LogP contribution is -2.32. The average molecular weight is 356 g/mol. The summed E-state index contributed by atoms with van der Waals surface area (Å²) in [4.78, 5) is 35.3. The standard InChI is InChI=1S/C18H16N2O6/c1-2-10-26-18(23)19(12-13-6-4-3-5-7-13)16-9-8-14(20(24)25)11-15(16)17(21)22/h2-9,11H,1,10,12H2,(H,21,22). The number of amides is 1. The highest BCUT2D eigenvalue weighted by Crippen LogP contribution is 2.27. The Morgan fingerprint density at radius 3 is 2.50 bits per heavy atom. The number of carbonyl (C=O) groups excluding carboxylic acids is 1. The lowest BCUT2D eigenvalue weighted by molar-refractivity contribution is -0.384. The van der Waals surface area contributed by atoms with Gasteiger partial charge in [-0.05, 0) is 11.6 Å². The summed E-state index contributed by atoms with van der Waals surface area (Å²) in [6, 6.07) is 12.2. The summed E-state index contributed by atoms with van der Waals surface area (Å²) in [5.74, 6) is -1.39. The van der Waals surface area contributed by atoms with Crippen molar-refractivity contribution in [1.82, 2.24) is 0 Å². The number of carboxylic acid groups (broad SMARTS) is 1. The van der Waals surface area contributed by atoms with Crippen LogP contribution < -0.4 is 4.90 Å². The Kier molecular flexibility index (Phi) is 6.05. The van der Waals surface area contributed by atoms with Crippen molar-refractivity contribution in [1.29, 1.82) is 0 Å². The molecular formula is C18H16N2O6. The van der Waals surface area contributed by atoms with Crippen molar-refractivity contribution in [3.63, 3.8) is 0 Å². The molecule has 2 aromatic rings. The van der Waals surface area contributed by atoms with Gasteiger partial charge < -0.3 is 9.84 Å².